The second-order valence-corrected chi connectivity index (χ2v) is 5.70. The van der Waals surface area contributed by atoms with Crippen molar-refractivity contribution >= 4 is 0 Å². The summed E-state index contributed by atoms with van der Waals surface area (Å²) in [6, 6.07) is 16.1. The van der Waals surface area contributed by atoms with E-state index >= 15 is 0 Å². The van der Waals surface area contributed by atoms with Gasteiger partial charge in [-0.2, -0.15) is 0 Å². The van der Waals surface area contributed by atoms with Crippen LogP contribution in [0, 0.1) is 0 Å². The summed E-state index contributed by atoms with van der Waals surface area (Å²) in [5.74, 6) is 0.314. The third-order valence-corrected chi connectivity index (χ3v) is 3.57. The molecule has 0 bridgehead atoms. The van der Waals surface area contributed by atoms with E-state index in [1.54, 1.807) is 6.07 Å². The van der Waals surface area contributed by atoms with Crippen LogP contribution in [0.4, 0.5) is 0 Å². The Morgan fingerprint density at radius 1 is 1.05 bits per heavy atom. The molecule has 0 spiro atoms. The van der Waals surface area contributed by atoms with Gasteiger partial charge in [-0.1, -0.05) is 36.4 Å². The molecule has 3 nitrogen and oxygen atoms in total. The van der Waals surface area contributed by atoms with Gasteiger partial charge >= 0.3 is 0 Å². The zero-order valence-corrected chi connectivity index (χ0v) is 13.0. The van der Waals surface area contributed by atoms with Gasteiger partial charge in [0.15, 0.2) is 0 Å². The minimum absolute atomic E-state index is 0.199. The molecule has 0 aliphatic carbocycles. The Labute approximate surface area is 127 Å². The molecule has 2 aromatic rings. The number of hydrogen-bond donors (Lipinski definition) is 2. The molecule has 2 N–H and O–H groups in total. The van der Waals surface area contributed by atoms with Crippen LogP contribution in [0.25, 0.3) is 0 Å². The fourth-order valence-electron chi connectivity index (χ4n) is 2.40. The van der Waals surface area contributed by atoms with Crippen LogP contribution >= 0.6 is 0 Å². The SMILES string of the molecule is CC(NCc1ccccc1CN(C)C)c1cccc(O)c1. The Balaban J connectivity index is 2.02. The first-order valence-corrected chi connectivity index (χ1v) is 7.30. The standard InChI is InChI=1S/C18H24N2O/c1-14(15-9-6-10-18(21)11-15)19-12-16-7-4-5-8-17(16)13-20(2)3/h4-11,14,19,21H,12-13H2,1-3H3. The zero-order valence-electron chi connectivity index (χ0n) is 13.0. The van der Waals surface area contributed by atoms with Crippen LogP contribution in [-0.2, 0) is 13.1 Å². The molecule has 1 atom stereocenters. The molecule has 0 radical (unpaired) electrons. The van der Waals surface area contributed by atoms with E-state index < -0.39 is 0 Å². The van der Waals surface area contributed by atoms with Crippen LogP contribution in [0.5, 0.6) is 5.75 Å². The van der Waals surface area contributed by atoms with Gasteiger partial charge in [0.2, 0.25) is 0 Å². The Kier molecular flexibility index (Phi) is 5.37. The monoisotopic (exact) mass is 284 g/mol. The van der Waals surface area contributed by atoms with Crippen molar-refractivity contribution in [1.82, 2.24) is 10.2 Å². The van der Waals surface area contributed by atoms with Crippen molar-refractivity contribution < 1.29 is 5.11 Å². The third-order valence-electron chi connectivity index (χ3n) is 3.57. The highest BCUT2D eigenvalue weighted by Gasteiger charge is 2.08. The zero-order chi connectivity index (χ0) is 15.2. The molecule has 112 valence electrons. The molecular weight excluding hydrogens is 260 g/mol. The number of phenols is 1. The lowest BCUT2D eigenvalue weighted by molar-refractivity contribution is 0.399. The van der Waals surface area contributed by atoms with E-state index in [4.69, 9.17) is 0 Å². The normalized spacial score (nSPS) is 12.6. The highest BCUT2D eigenvalue weighted by molar-refractivity contribution is 5.30. The van der Waals surface area contributed by atoms with Crippen LogP contribution in [0.15, 0.2) is 48.5 Å². The van der Waals surface area contributed by atoms with E-state index in [0.29, 0.717) is 5.75 Å². The number of nitrogens with zero attached hydrogens (tertiary/aromatic N) is 1. The van der Waals surface area contributed by atoms with Gasteiger partial charge in [0, 0.05) is 19.1 Å². The second-order valence-electron chi connectivity index (χ2n) is 5.70. The Hall–Kier alpha value is -1.84. The Bertz CT molecular complexity index is 581. The molecule has 3 heteroatoms. The third kappa shape index (κ3) is 4.59. The first-order chi connectivity index (χ1) is 10.1. The fourth-order valence-corrected chi connectivity index (χ4v) is 2.40. The molecule has 2 aromatic carbocycles. The van der Waals surface area contributed by atoms with Crippen LogP contribution < -0.4 is 5.32 Å². The van der Waals surface area contributed by atoms with E-state index in [2.05, 4.69) is 55.5 Å². The molecule has 1 unspecified atom stereocenters. The van der Waals surface area contributed by atoms with Crippen molar-refractivity contribution in [2.24, 2.45) is 0 Å². The average molecular weight is 284 g/mol. The van der Waals surface area contributed by atoms with Gasteiger partial charge in [0.05, 0.1) is 0 Å². The number of hydrogen-bond acceptors (Lipinski definition) is 3. The predicted octanol–water partition coefficient (Wildman–Crippen LogP) is 3.30. The molecular formula is C18H24N2O. The van der Waals surface area contributed by atoms with Crippen LogP contribution in [-0.4, -0.2) is 24.1 Å². The maximum Gasteiger partial charge on any atom is 0.115 e. The lowest BCUT2D eigenvalue weighted by atomic mass is 10.0. The van der Waals surface area contributed by atoms with E-state index in [1.165, 1.54) is 11.1 Å². The second kappa shape index (κ2) is 7.25. The number of phenolic OH excluding ortho intramolecular Hbond substituents is 1. The summed E-state index contributed by atoms with van der Waals surface area (Å²) >= 11 is 0. The number of benzene rings is 2. The van der Waals surface area contributed by atoms with Gasteiger partial charge in [-0.05, 0) is 49.8 Å². The van der Waals surface area contributed by atoms with Crippen LogP contribution in [0.3, 0.4) is 0 Å². The van der Waals surface area contributed by atoms with Crippen molar-refractivity contribution in [3.63, 3.8) is 0 Å². The van der Waals surface area contributed by atoms with E-state index in [-0.39, 0.29) is 6.04 Å². The predicted molar refractivity (Wildman–Crippen MR) is 87.2 cm³/mol. The first-order valence-electron chi connectivity index (χ1n) is 7.30. The lowest BCUT2D eigenvalue weighted by Crippen LogP contribution is -2.20. The van der Waals surface area contributed by atoms with E-state index in [0.717, 1.165) is 18.7 Å². The summed E-state index contributed by atoms with van der Waals surface area (Å²) in [7, 11) is 4.17. The lowest BCUT2D eigenvalue weighted by Gasteiger charge is -2.18. The average Bonchev–Trinajstić information content (AvgIpc) is 2.45. The molecule has 21 heavy (non-hydrogen) atoms. The van der Waals surface area contributed by atoms with Crippen molar-refractivity contribution in [3.05, 3.63) is 65.2 Å². The van der Waals surface area contributed by atoms with Crippen molar-refractivity contribution in [2.75, 3.05) is 14.1 Å². The minimum Gasteiger partial charge on any atom is -0.508 e. The first kappa shape index (κ1) is 15.5. The summed E-state index contributed by atoms with van der Waals surface area (Å²) in [5.41, 5.74) is 3.76. The maximum atomic E-state index is 9.56. The summed E-state index contributed by atoms with van der Waals surface area (Å²) in [6.45, 7) is 3.88. The van der Waals surface area contributed by atoms with E-state index in [9.17, 15) is 5.11 Å². The topological polar surface area (TPSA) is 35.5 Å². The van der Waals surface area contributed by atoms with Gasteiger partial charge < -0.3 is 15.3 Å². The summed E-state index contributed by atoms with van der Waals surface area (Å²) in [5, 5.41) is 13.1. The molecule has 0 saturated carbocycles. The van der Waals surface area contributed by atoms with Crippen molar-refractivity contribution in [3.8, 4) is 5.75 Å². The van der Waals surface area contributed by atoms with Crippen LogP contribution in [0.2, 0.25) is 0 Å². The molecule has 0 amide bonds. The highest BCUT2D eigenvalue weighted by Crippen LogP contribution is 2.19. The van der Waals surface area contributed by atoms with Crippen molar-refractivity contribution in [2.45, 2.75) is 26.1 Å². The van der Waals surface area contributed by atoms with Gasteiger partial charge in [-0.25, -0.2) is 0 Å². The molecule has 0 aromatic heterocycles. The van der Waals surface area contributed by atoms with Gasteiger partial charge in [-0.3, -0.25) is 0 Å². The Morgan fingerprint density at radius 3 is 2.43 bits per heavy atom. The molecule has 0 heterocycles. The maximum absolute atomic E-state index is 9.56. The van der Waals surface area contributed by atoms with Gasteiger partial charge in [0.1, 0.15) is 5.75 Å². The van der Waals surface area contributed by atoms with E-state index in [1.807, 2.05) is 18.2 Å². The quantitative estimate of drug-likeness (QED) is 0.854. The highest BCUT2D eigenvalue weighted by atomic mass is 16.3. The number of nitrogens with one attached hydrogen (secondary N) is 1. The molecule has 0 aliphatic heterocycles. The largest absolute Gasteiger partial charge is 0.508 e. The van der Waals surface area contributed by atoms with Crippen LogP contribution in [0.1, 0.15) is 29.7 Å². The molecule has 0 fully saturated rings. The van der Waals surface area contributed by atoms with Crippen molar-refractivity contribution in [1.29, 1.82) is 0 Å². The summed E-state index contributed by atoms with van der Waals surface area (Å²) < 4.78 is 0. The Morgan fingerprint density at radius 2 is 1.76 bits per heavy atom. The summed E-state index contributed by atoms with van der Waals surface area (Å²) in [6.07, 6.45) is 0. The van der Waals surface area contributed by atoms with Gasteiger partial charge in [-0.15, -0.1) is 0 Å². The molecule has 0 aliphatic rings. The fraction of sp³-hybridized carbons (Fsp3) is 0.333. The molecule has 2 rings (SSSR count). The van der Waals surface area contributed by atoms with Gasteiger partial charge in [0.25, 0.3) is 0 Å². The smallest absolute Gasteiger partial charge is 0.115 e. The minimum atomic E-state index is 0.199. The number of aromatic hydroxyl groups is 1. The number of rotatable bonds is 6. The molecule has 0 saturated heterocycles. The summed E-state index contributed by atoms with van der Waals surface area (Å²) in [4.78, 5) is 2.18.